The average Bonchev–Trinajstić information content (AvgIpc) is 3.30. The summed E-state index contributed by atoms with van der Waals surface area (Å²) in [6.45, 7) is 4.13. The first-order chi connectivity index (χ1) is 31.6. The van der Waals surface area contributed by atoms with Crippen molar-refractivity contribution >= 4 is 11.9 Å². The molecule has 1 atom stereocenters. The highest BCUT2D eigenvalue weighted by Gasteiger charge is 2.16. The quantitative estimate of drug-likeness (QED) is 0.0374. The zero-order valence-electron chi connectivity index (χ0n) is 42.8. The van der Waals surface area contributed by atoms with Crippen LogP contribution in [0.1, 0.15) is 296 Å². The first-order valence-electron chi connectivity index (χ1n) is 28.2. The molecule has 5 heteroatoms. The van der Waals surface area contributed by atoms with Gasteiger partial charge >= 0.3 is 11.9 Å². The number of hydrogen-bond donors (Lipinski definition) is 1. The van der Waals surface area contributed by atoms with Crippen molar-refractivity contribution in [2.24, 2.45) is 0 Å². The van der Waals surface area contributed by atoms with Gasteiger partial charge in [-0.3, -0.25) is 9.59 Å². The molecule has 0 aromatic carbocycles. The van der Waals surface area contributed by atoms with E-state index in [-0.39, 0.29) is 25.2 Å². The topological polar surface area (TPSA) is 72.8 Å². The molecule has 0 spiro atoms. The molecule has 374 valence electrons. The maximum Gasteiger partial charge on any atom is 0.306 e. The van der Waals surface area contributed by atoms with Crippen LogP contribution in [0.15, 0.2) is 48.6 Å². The van der Waals surface area contributed by atoms with Crippen molar-refractivity contribution in [2.75, 3.05) is 13.2 Å². The normalized spacial score (nSPS) is 12.5. The predicted molar refractivity (Wildman–Crippen MR) is 279 cm³/mol. The number of carbonyl (C=O) groups excluding carboxylic acids is 2. The van der Waals surface area contributed by atoms with Gasteiger partial charge < -0.3 is 14.6 Å². The van der Waals surface area contributed by atoms with Crippen molar-refractivity contribution in [3.05, 3.63) is 48.6 Å². The van der Waals surface area contributed by atoms with Crippen LogP contribution in [0, 0.1) is 0 Å². The van der Waals surface area contributed by atoms with E-state index in [1.807, 2.05) is 0 Å². The first-order valence-corrected chi connectivity index (χ1v) is 28.2. The fourth-order valence-electron chi connectivity index (χ4n) is 8.32. The minimum atomic E-state index is -0.773. The third-order valence-corrected chi connectivity index (χ3v) is 12.6. The number of unbranched alkanes of at least 4 members (excludes halogenated alkanes) is 36. The smallest absolute Gasteiger partial charge is 0.306 e. The lowest BCUT2D eigenvalue weighted by Crippen LogP contribution is -2.28. The van der Waals surface area contributed by atoms with Crippen LogP contribution in [0.25, 0.3) is 0 Å². The third kappa shape index (κ3) is 52.5. The van der Waals surface area contributed by atoms with Gasteiger partial charge in [-0.1, -0.05) is 255 Å². The van der Waals surface area contributed by atoms with E-state index in [0.717, 1.165) is 57.8 Å². The minimum absolute atomic E-state index is 0.0668. The number of rotatable bonds is 52. The Bertz CT molecular complexity index is 1060. The summed E-state index contributed by atoms with van der Waals surface area (Å²) in [5, 5.41) is 9.61. The van der Waals surface area contributed by atoms with E-state index in [4.69, 9.17) is 9.47 Å². The molecule has 0 aliphatic heterocycles. The third-order valence-electron chi connectivity index (χ3n) is 12.6. The first kappa shape index (κ1) is 61.9. The largest absolute Gasteiger partial charge is 0.462 e. The molecule has 5 nitrogen and oxygen atoms in total. The Kier molecular flexibility index (Phi) is 53.3. The molecule has 0 aliphatic rings. The molecule has 0 bridgehead atoms. The number of aliphatic hydroxyl groups excluding tert-OH is 1. The summed E-state index contributed by atoms with van der Waals surface area (Å²) in [6, 6.07) is 0. The molecule has 0 saturated heterocycles. The Morgan fingerprint density at radius 1 is 0.359 bits per heavy atom. The van der Waals surface area contributed by atoms with Crippen LogP contribution in [-0.2, 0) is 19.1 Å². The molecule has 0 aliphatic carbocycles. The van der Waals surface area contributed by atoms with Crippen molar-refractivity contribution in [1.82, 2.24) is 0 Å². The zero-order chi connectivity index (χ0) is 46.3. The van der Waals surface area contributed by atoms with Crippen LogP contribution in [0.5, 0.6) is 0 Å². The fraction of sp³-hybridized carbons (Fsp3) is 0.831. The summed E-state index contributed by atoms with van der Waals surface area (Å²) >= 11 is 0. The van der Waals surface area contributed by atoms with Crippen molar-refractivity contribution < 1.29 is 24.2 Å². The van der Waals surface area contributed by atoms with Gasteiger partial charge in [0.15, 0.2) is 6.10 Å². The maximum atomic E-state index is 12.3. The Balaban J connectivity index is 3.40. The van der Waals surface area contributed by atoms with Crippen molar-refractivity contribution in [3.63, 3.8) is 0 Å². The Morgan fingerprint density at radius 3 is 0.969 bits per heavy atom. The number of ether oxygens (including phenoxy) is 2. The van der Waals surface area contributed by atoms with Gasteiger partial charge in [0.2, 0.25) is 0 Å². The van der Waals surface area contributed by atoms with Crippen molar-refractivity contribution in [3.8, 4) is 0 Å². The maximum absolute atomic E-state index is 12.3. The second-order valence-corrected chi connectivity index (χ2v) is 19.0. The van der Waals surface area contributed by atoms with Gasteiger partial charge in [0.1, 0.15) is 6.61 Å². The van der Waals surface area contributed by atoms with Crippen molar-refractivity contribution in [1.29, 1.82) is 0 Å². The molecule has 0 aromatic heterocycles. The average molecular weight is 898 g/mol. The van der Waals surface area contributed by atoms with Crippen LogP contribution >= 0.6 is 0 Å². The van der Waals surface area contributed by atoms with Gasteiger partial charge in [0.05, 0.1) is 6.61 Å². The van der Waals surface area contributed by atoms with Crippen molar-refractivity contribution in [2.45, 2.75) is 302 Å². The van der Waals surface area contributed by atoms with E-state index in [1.165, 1.54) is 212 Å². The summed E-state index contributed by atoms with van der Waals surface area (Å²) in [6.07, 6.45) is 72.5. The lowest BCUT2D eigenvalue weighted by Gasteiger charge is -2.15. The molecule has 0 fully saturated rings. The Labute approximate surface area is 398 Å². The van der Waals surface area contributed by atoms with Gasteiger partial charge in [0, 0.05) is 12.8 Å². The molecule has 64 heavy (non-hydrogen) atoms. The highest BCUT2D eigenvalue weighted by Crippen LogP contribution is 2.17. The molecular formula is C59H108O5. The van der Waals surface area contributed by atoms with Crippen LogP contribution in [-0.4, -0.2) is 36.4 Å². The predicted octanol–water partition coefficient (Wildman–Crippen LogP) is 18.9. The molecular weight excluding hydrogens is 789 g/mol. The number of aliphatic hydroxyl groups is 1. The van der Waals surface area contributed by atoms with Gasteiger partial charge in [-0.05, 0) is 77.0 Å². The lowest BCUT2D eigenvalue weighted by molar-refractivity contribution is -0.161. The van der Waals surface area contributed by atoms with E-state index >= 15 is 0 Å². The fourth-order valence-corrected chi connectivity index (χ4v) is 8.32. The molecule has 0 rings (SSSR count). The number of hydrogen-bond acceptors (Lipinski definition) is 5. The van der Waals surface area contributed by atoms with Crippen LogP contribution < -0.4 is 0 Å². The number of esters is 2. The highest BCUT2D eigenvalue weighted by atomic mass is 16.6. The number of allylic oxidation sites excluding steroid dienone is 8. The molecule has 0 radical (unpaired) electrons. The molecule has 1 N–H and O–H groups in total. The second kappa shape index (κ2) is 55.2. The van der Waals surface area contributed by atoms with E-state index in [9.17, 15) is 14.7 Å². The molecule has 0 aromatic rings. The van der Waals surface area contributed by atoms with Crippen LogP contribution in [0.3, 0.4) is 0 Å². The molecule has 1 unspecified atom stereocenters. The van der Waals surface area contributed by atoms with Gasteiger partial charge in [-0.15, -0.1) is 0 Å². The minimum Gasteiger partial charge on any atom is -0.462 e. The summed E-state index contributed by atoms with van der Waals surface area (Å²) in [4.78, 5) is 24.4. The Hall–Kier alpha value is -2.14. The monoisotopic (exact) mass is 897 g/mol. The zero-order valence-corrected chi connectivity index (χ0v) is 42.8. The van der Waals surface area contributed by atoms with E-state index in [2.05, 4.69) is 62.5 Å². The van der Waals surface area contributed by atoms with Crippen LogP contribution in [0.2, 0.25) is 0 Å². The second-order valence-electron chi connectivity index (χ2n) is 19.0. The Morgan fingerprint density at radius 2 is 0.625 bits per heavy atom. The number of carbonyl (C=O) groups is 2. The molecule has 0 amide bonds. The van der Waals surface area contributed by atoms with Gasteiger partial charge in [0.25, 0.3) is 0 Å². The summed E-state index contributed by atoms with van der Waals surface area (Å²) in [5.74, 6) is -0.589. The summed E-state index contributed by atoms with van der Waals surface area (Å²) < 4.78 is 10.7. The summed E-state index contributed by atoms with van der Waals surface area (Å²) in [5.41, 5.74) is 0. The summed E-state index contributed by atoms with van der Waals surface area (Å²) in [7, 11) is 0. The van der Waals surface area contributed by atoms with E-state index in [1.54, 1.807) is 0 Å². The van der Waals surface area contributed by atoms with Gasteiger partial charge in [-0.25, -0.2) is 0 Å². The van der Waals surface area contributed by atoms with E-state index in [0.29, 0.717) is 12.8 Å². The highest BCUT2D eigenvalue weighted by molar-refractivity contribution is 5.70. The standard InChI is InChI=1S/C59H108O5/c1-3-5-7-9-11-13-15-17-18-19-20-21-22-23-24-25-26-27-28-29-30-31-32-33-34-35-36-37-38-39-40-42-44-46-48-50-52-54-59(62)64-57(55-60)56-63-58(61)53-51-49-47-45-43-41-16-14-12-10-8-6-4-2/h14-17,19-20,22-23,57,60H,3-13,18,21,24-56H2,1-2H3/b16-14-,17-15-,20-19-,23-22-. The lowest BCUT2D eigenvalue weighted by atomic mass is 10.0. The van der Waals surface area contributed by atoms with Crippen LogP contribution in [0.4, 0.5) is 0 Å². The molecule has 0 saturated carbocycles. The van der Waals surface area contributed by atoms with E-state index < -0.39 is 6.10 Å². The molecule has 0 heterocycles. The van der Waals surface area contributed by atoms with Gasteiger partial charge in [-0.2, -0.15) is 0 Å². The SMILES string of the molecule is CCCCCC/C=C\CCCCCCCC(=O)OCC(CO)OC(=O)CCCCCCCCCCCCCCCCCCCCCCCC/C=C\C/C=C\C/C=C\CCCCCCC.